The number of ether oxygens (including phenoxy) is 2. The van der Waals surface area contributed by atoms with E-state index in [4.69, 9.17) is 9.47 Å². The maximum absolute atomic E-state index is 5.27. The van der Waals surface area contributed by atoms with Crippen molar-refractivity contribution in [3.05, 3.63) is 23.6 Å². The largest absolute Gasteiger partial charge is 0.454 e. The highest BCUT2D eigenvalue weighted by Crippen LogP contribution is 2.35. The Balaban J connectivity index is 2.09. The van der Waals surface area contributed by atoms with Crippen LogP contribution in [0.2, 0.25) is 0 Å². The van der Waals surface area contributed by atoms with E-state index in [-0.39, 0.29) is 0 Å². The van der Waals surface area contributed by atoms with Gasteiger partial charge in [-0.2, -0.15) is 0 Å². The zero-order valence-electron chi connectivity index (χ0n) is 7.14. The summed E-state index contributed by atoms with van der Waals surface area (Å²) in [4.78, 5) is 0. The molecule has 14 heavy (non-hydrogen) atoms. The van der Waals surface area contributed by atoms with E-state index in [9.17, 15) is 0 Å². The van der Waals surface area contributed by atoms with Crippen LogP contribution in [-0.2, 0) is 0 Å². The average Bonchev–Trinajstić information content (AvgIpc) is 2.88. The summed E-state index contributed by atoms with van der Waals surface area (Å²) in [6.45, 7) is 0.300. The molecule has 0 fully saturated rings. The maximum atomic E-state index is 5.27. The van der Waals surface area contributed by atoms with E-state index in [1.54, 1.807) is 0 Å². The van der Waals surface area contributed by atoms with E-state index < -0.39 is 0 Å². The molecular formula is C9H6N2O2S. The molecule has 4 nitrogen and oxygen atoms in total. The zero-order valence-corrected chi connectivity index (χ0v) is 7.95. The fraction of sp³-hybridized carbons (Fsp3) is 0.111. The molecule has 2 aromatic rings. The van der Waals surface area contributed by atoms with Crippen LogP contribution >= 0.6 is 11.5 Å². The lowest BCUT2D eigenvalue weighted by Gasteiger charge is -1.98. The quantitative estimate of drug-likeness (QED) is 0.715. The molecule has 0 N–H and O–H groups in total. The first-order valence-electron chi connectivity index (χ1n) is 4.10. The summed E-state index contributed by atoms with van der Waals surface area (Å²) in [6, 6.07) is 5.75. The number of aromatic nitrogens is 2. The predicted octanol–water partition coefficient (Wildman–Crippen LogP) is 1.93. The molecule has 0 atom stereocenters. The van der Waals surface area contributed by atoms with E-state index in [1.165, 1.54) is 11.5 Å². The van der Waals surface area contributed by atoms with Gasteiger partial charge in [-0.05, 0) is 29.7 Å². The van der Waals surface area contributed by atoms with Gasteiger partial charge in [-0.3, -0.25) is 0 Å². The van der Waals surface area contributed by atoms with Crippen molar-refractivity contribution in [2.45, 2.75) is 0 Å². The number of benzene rings is 1. The number of fused-ring (bicyclic) bond motifs is 1. The van der Waals surface area contributed by atoms with Crippen molar-refractivity contribution in [3.63, 3.8) is 0 Å². The Hall–Kier alpha value is -1.62. The highest BCUT2D eigenvalue weighted by Gasteiger charge is 2.14. The molecule has 1 aromatic carbocycles. The first-order chi connectivity index (χ1) is 6.93. The van der Waals surface area contributed by atoms with Gasteiger partial charge in [0.2, 0.25) is 6.79 Å². The molecule has 3 rings (SSSR count). The first kappa shape index (κ1) is 7.75. The van der Waals surface area contributed by atoms with Gasteiger partial charge in [0.1, 0.15) is 5.69 Å². The maximum Gasteiger partial charge on any atom is 0.231 e. The van der Waals surface area contributed by atoms with Gasteiger partial charge in [0.15, 0.2) is 11.5 Å². The van der Waals surface area contributed by atoms with E-state index >= 15 is 0 Å². The molecule has 0 saturated heterocycles. The van der Waals surface area contributed by atoms with Crippen molar-refractivity contribution >= 4 is 11.5 Å². The van der Waals surface area contributed by atoms with Gasteiger partial charge in [-0.25, -0.2) is 0 Å². The topological polar surface area (TPSA) is 44.2 Å². The Bertz CT molecular complexity index is 456. The monoisotopic (exact) mass is 206 g/mol. The van der Waals surface area contributed by atoms with Gasteiger partial charge in [0, 0.05) is 10.9 Å². The highest BCUT2D eigenvalue weighted by atomic mass is 32.1. The Morgan fingerprint density at radius 2 is 2.14 bits per heavy atom. The van der Waals surface area contributed by atoms with Crippen LogP contribution in [0, 0.1) is 0 Å². The molecule has 1 aliphatic rings. The van der Waals surface area contributed by atoms with Gasteiger partial charge in [0.25, 0.3) is 0 Å². The smallest absolute Gasteiger partial charge is 0.231 e. The standard InChI is InChI=1S/C9H6N2O2S/c1-2-8-9(13-5-12-8)3-6(1)7-4-14-11-10-7/h1-4H,5H2. The fourth-order valence-corrected chi connectivity index (χ4v) is 1.81. The predicted molar refractivity (Wildman–Crippen MR) is 51.5 cm³/mol. The summed E-state index contributed by atoms with van der Waals surface area (Å²) < 4.78 is 14.3. The van der Waals surface area contributed by atoms with Crippen LogP contribution in [0.25, 0.3) is 11.3 Å². The summed E-state index contributed by atoms with van der Waals surface area (Å²) >= 11 is 1.33. The Morgan fingerprint density at radius 1 is 1.21 bits per heavy atom. The Morgan fingerprint density at radius 3 is 3.00 bits per heavy atom. The van der Waals surface area contributed by atoms with E-state index in [0.29, 0.717) is 6.79 Å². The summed E-state index contributed by atoms with van der Waals surface area (Å²) in [6.07, 6.45) is 0. The zero-order chi connectivity index (χ0) is 9.38. The molecule has 1 aromatic heterocycles. The van der Waals surface area contributed by atoms with Crippen LogP contribution in [0.15, 0.2) is 23.6 Å². The molecule has 0 bridgehead atoms. The lowest BCUT2D eigenvalue weighted by atomic mass is 10.1. The number of rotatable bonds is 1. The molecule has 0 spiro atoms. The Kier molecular flexibility index (Phi) is 1.63. The summed E-state index contributed by atoms with van der Waals surface area (Å²) in [5.74, 6) is 1.56. The molecule has 70 valence electrons. The molecule has 0 aliphatic carbocycles. The second kappa shape index (κ2) is 2.95. The van der Waals surface area contributed by atoms with Crippen molar-refractivity contribution in [1.29, 1.82) is 0 Å². The first-order valence-corrected chi connectivity index (χ1v) is 4.94. The molecule has 0 unspecified atom stereocenters. The summed E-state index contributed by atoms with van der Waals surface area (Å²) in [5.41, 5.74) is 1.87. The third kappa shape index (κ3) is 1.13. The van der Waals surface area contributed by atoms with E-state index in [2.05, 4.69) is 9.59 Å². The molecule has 5 heteroatoms. The minimum absolute atomic E-state index is 0.300. The highest BCUT2D eigenvalue weighted by molar-refractivity contribution is 7.03. The van der Waals surface area contributed by atoms with Crippen molar-refractivity contribution in [3.8, 4) is 22.8 Å². The number of hydrogen-bond donors (Lipinski definition) is 0. The molecule has 2 heterocycles. The molecule has 0 radical (unpaired) electrons. The third-order valence-electron chi connectivity index (χ3n) is 2.03. The fourth-order valence-electron chi connectivity index (χ4n) is 1.35. The van der Waals surface area contributed by atoms with Crippen molar-refractivity contribution in [2.24, 2.45) is 0 Å². The Labute approximate surface area is 84.3 Å². The van der Waals surface area contributed by atoms with Gasteiger partial charge in [-0.15, -0.1) is 5.10 Å². The van der Waals surface area contributed by atoms with Crippen LogP contribution in [0.5, 0.6) is 11.5 Å². The van der Waals surface area contributed by atoms with Gasteiger partial charge < -0.3 is 9.47 Å². The van der Waals surface area contributed by atoms with Crippen molar-refractivity contribution in [2.75, 3.05) is 6.79 Å². The second-order valence-electron chi connectivity index (χ2n) is 2.86. The van der Waals surface area contributed by atoms with Crippen LogP contribution in [0.4, 0.5) is 0 Å². The van der Waals surface area contributed by atoms with Crippen LogP contribution in [0.3, 0.4) is 0 Å². The van der Waals surface area contributed by atoms with Crippen molar-refractivity contribution in [1.82, 2.24) is 9.59 Å². The average molecular weight is 206 g/mol. The lowest BCUT2D eigenvalue weighted by molar-refractivity contribution is 0.174. The van der Waals surface area contributed by atoms with E-state index in [1.807, 2.05) is 23.6 Å². The van der Waals surface area contributed by atoms with Gasteiger partial charge in [-0.1, -0.05) is 4.49 Å². The molecule has 1 aliphatic heterocycles. The normalized spacial score (nSPS) is 13.1. The third-order valence-corrected chi connectivity index (χ3v) is 2.53. The van der Waals surface area contributed by atoms with Crippen LogP contribution < -0.4 is 9.47 Å². The SMILES string of the molecule is c1cc2c(cc1-c1csnn1)OCO2. The van der Waals surface area contributed by atoms with Crippen molar-refractivity contribution < 1.29 is 9.47 Å². The van der Waals surface area contributed by atoms with Gasteiger partial charge in [0.05, 0.1) is 0 Å². The van der Waals surface area contributed by atoms with Crippen LogP contribution in [-0.4, -0.2) is 16.4 Å². The molecular weight excluding hydrogens is 200 g/mol. The minimum atomic E-state index is 0.300. The lowest BCUT2D eigenvalue weighted by Crippen LogP contribution is -1.92. The van der Waals surface area contributed by atoms with Gasteiger partial charge >= 0.3 is 0 Å². The summed E-state index contributed by atoms with van der Waals surface area (Å²) in [7, 11) is 0. The molecule has 0 amide bonds. The van der Waals surface area contributed by atoms with Crippen LogP contribution in [0.1, 0.15) is 0 Å². The number of hydrogen-bond acceptors (Lipinski definition) is 5. The van der Waals surface area contributed by atoms with E-state index in [0.717, 1.165) is 22.8 Å². The summed E-state index contributed by atoms with van der Waals surface area (Å²) in [5, 5.41) is 5.88. The molecule has 0 saturated carbocycles. The minimum Gasteiger partial charge on any atom is -0.454 e. The second-order valence-corrected chi connectivity index (χ2v) is 3.47. The number of nitrogens with zero attached hydrogens (tertiary/aromatic N) is 2.